The second-order valence-corrected chi connectivity index (χ2v) is 13.3. The predicted molar refractivity (Wildman–Crippen MR) is 175 cm³/mol. The van der Waals surface area contributed by atoms with E-state index >= 15 is 0 Å². The molecule has 5 heterocycles. The lowest BCUT2D eigenvalue weighted by Crippen LogP contribution is -2.59. The van der Waals surface area contributed by atoms with E-state index in [0.717, 1.165) is 55.1 Å². The van der Waals surface area contributed by atoms with Gasteiger partial charge in [-0.25, -0.2) is 14.2 Å². The van der Waals surface area contributed by atoms with Crippen LogP contribution in [0.1, 0.15) is 54.4 Å². The first kappa shape index (κ1) is 30.1. The summed E-state index contributed by atoms with van der Waals surface area (Å²) in [5.74, 6) is -0.786. The van der Waals surface area contributed by atoms with Crippen molar-refractivity contribution in [2.45, 2.75) is 26.2 Å². The van der Waals surface area contributed by atoms with Crippen LogP contribution in [0.4, 0.5) is 21.6 Å². The topological polar surface area (TPSA) is 101 Å². The Labute approximate surface area is 270 Å². The van der Waals surface area contributed by atoms with Crippen molar-refractivity contribution >= 4 is 46.3 Å². The van der Waals surface area contributed by atoms with Crippen LogP contribution < -0.4 is 15.1 Å². The number of aromatic nitrogens is 1. The van der Waals surface area contributed by atoms with Crippen molar-refractivity contribution in [2.24, 2.45) is 5.41 Å². The van der Waals surface area contributed by atoms with Gasteiger partial charge in [-0.3, -0.25) is 9.59 Å². The largest absolute Gasteiger partial charge is 0.465 e. The van der Waals surface area contributed by atoms with E-state index in [0.29, 0.717) is 51.7 Å². The highest BCUT2D eigenvalue weighted by Gasteiger charge is 2.45. The minimum atomic E-state index is -0.464. The number of halogens is 1. The molecule has 2 fully saturated rings. The van der Waals surface area contributed by atoms with Gasteiger partial charge in [0.1, 0.15) is 16.5 Å². The fraction of sp³-hybridized carbons (Fsp3) is 0.314. The molecule has 0 bridgehead atoms. The van der Waals surface area contributed by atoms with E-state index in [4.69, 9.17) is 9.47 Å². The molecule has 7 rings (SSSR count). The highest BCUT2D eigenvalue weighted by Crippen LogP contribution is 2.44. The number of carbonyl (C=O) groups excluding carboxylic acids is 3. The van der Waals surface area contributed by atoms with E-state index in [1.807, 2.05) is 13.0 Å². The van der Waals surface area contributed by atoms with E-state index in [-0.39, 0.29) is 17.2 Å². The molecule has 0 saturated carbocycles. The lowest BCUT2D eigenvalue weighted by molar-refractivity contribution is -0.000512. The maximum atomic E-state index is 14.5. The lowest BCUT2D eigenvalue weighted by Gasteiger charge is -2.53. The minimum Gasteiger partial charge on any atom is -0.465 e. The summed E-state index contributed by atoms with van der Waals surface area (Å²) in [4.78, 5) is 49.1. The average molecular weight is 641 g/mol. The minimum absolute atomic E-state index is 0.234. The SMILES string of the molecule is COC(=O)c1cc2c(s1)-c1ccc(F)cc1N(C(=O)c1ccc(NC(=O)c3cc(C)cnc3N3CC4(CCOCC4)C3)cc1)CC2. The zero-order chi connectivity index (χ0) is 32.0. The van der Waals surface area contributed by atoms with Crippen LogP contribution in [-0.2, 0) is 15.9 Å². The number of amides is 2. The second-order valence-electron chi connectivity index (χ2n) is 12.2. The van der Waals surface area contributed by atoms with E-state index < -0.39 is 11.8 Å². The maximum Gasteiger partial charge on any atom is 0.348 e. The van der Waals surface area contributed by atoms with Gasteiger partial charge in [0.2, 0.25) is 0 Å². The number of nitrogens with zero attached hydrogens (tertiary/aromatic N) is 3. The Morgan fingerprint density at radius 3 is 2.54 bits per heavy atom. The number of fused-ring (bicyclic) bond motifs is 3. The molecule has 236 valence electrons. The summed E-state index contributed by atoms with van der Waals surface area (Å²) >= 11 is 1.27. The number of hydrogen-bond donors (Lipinski definition) is 1. The molecule has 0 radical (unpaired) electrons. The normalized spacial score (nSPS) is 16.6. The number of thiophene rings is 1. The number of hydrogen-bond acceptors (Lipinski definition) is 8. The Kier molecular flexibility index (Phi) is 7.82. The van der Waals surface area contributed by atoms with Gasteiger partial charge >= 0.3 is 5.97 Å². The number of methoxy groups -OCH3 is 1. The van der Waals surface area contributed by atoms with Gasteiger partial charge in [-0.1, -0.05) is 0 Å². The molecule has 2 aromatic carbocycles. The van der Waals surface area contributed by atoms with Gasteiger partial charge in [0.15, 0.2) is 0 Å². The molecule has 2 saturated heterocycles. The van der Waals surface area contributed by atoms with Crippen LogP contribution in [0, 0.1) is 18.2 Å². The van der Waals surface area contributed by atoms with Crippen molar-refractivity contribution in [3.8, 4) is 10.4 Å². The lowest BCUT2D eigenvalue weighted by atomic mass is 9.73. The first-order valence-corrected chi connectivity index (χ1v) is 16.1. The number of carbonyl (C=O) groups is 3. The Morgan fingerprint density at radius 1 is 1.04 bits per heavy atom. The van der Waals surface area contributed by atoms with Crippen LogP contribution >= 0.6 is 11.3 Å². The van der Waals surface area contributed by atoms with E-state index in [1.54, 1.807) is 47.5 Å². The molecule has 1 spiro atoms. The summed E-state index contributed by atoms with van der Waals surface area (Å²) in [5, 5.41) is 2.97. The van der Waals surface area contributed by atoms with E-state index in [1.165, 1.54) is 30.6 Å². The van der Waals surface area contributed by atoms with Gasteiger partial charge in [-0.2, -0.15) is 0 Å². The Bertz CT molecular complexity index is 1840. The van der Waals surface area contributed by atoms with Crippen LogP contribution in [0.5, 0.6) is 0 Å². The number of esters is 1. The van der Waals surface area contributed by atoms with Crippen LogP contribution in [0.25, 0.3) is 10.4 Å². The quantitative estimate of drug-likeness (QED) is 0.263. The van der Waals surface area contributed by atoms with Gasteiger partial charge in [-0.15, -0.1) is 11.3 Å². The van der Waals surface area contributed by atoms with Crippen LogP contribution in [0.2, 0.25) is 0 Å². The molecule has 4 aromatic rings. The fourth-order valence-electron chi connectivity index (χ4n) is 6.59. The van der Waals surface area contributed by atoms with Crippen molar-refractivity contribution in [3.63, 3.8) is 0 Å². The van der Waals surface area contributed by atoms with Crippen molar-refractivity contribution in [1.29, 1.82) is 0 Å². The van der Waals surface area contributed by atoms with E-state index in [2.05, 4.69) is 15.2 Å². The molecular formula is C35H33FN4O5S. The predicted octanol–water partition coefficient (Wildman–Crippen LogP) is 6.12. The van der Waals surface area contributed by atoms with Gasteiger partial charge in [-0.05, 0) is 91.9 Å². The summed E-state index contributed by atoms with van der Waals surface area (Å²) in [6.45, 7) is 5.46. The molecular weight excluding hydrogens is 607 g/mol. The monoisotopic (exact) mass is 640 g/mol. The fourth-order valence-corrected chi connectivity index (χ4v) is 7.76. The zero-order valence-electron chi connectivity index (χ0n) is 25.6. The molecule has 2 amide bonds. The maximum absolute atomic E-state index is 14.5. The number of anilines is 3. The summed E-state index contributed by atoms with van der Waals surface area (Å²) in [5.41, 5.74) is 4.59. The highest BCUT2D eigenvalue weighted by atomic mass is 32.1. The second kappa shape index (κ2) is 12.0. The first-order valence-electron chi connectivity index (χ1n) is 15.3. The zero-order valence-corrected chi connectivity index (χ0v) is 26.4. The van der Waals surface area contributed by atoms with E-state index in [9.17, 15) is 18.8 Å². The number of benzene rings is 2. The highest BCUT2D eigenvalue weighted by molar-refractivity contribution is 7.17. The van der Waals surface area contributed by atoms with Crippen LogP contribution in [0.15, 0.2) is 60.8 Å². The Hall–Kier alpha value is -4.61. The van der Waals surface area contributed by atoms with Crippen LogP contribution in [0.3, 0.4) is 0 Å². The molecule has 11 heteroatoms. The number of nitrogens with one attached hydrogen (secondary N) is 1. The Morgan fingerprint density at radius 2 is 1.80 bits per heavy atom. The number of pyridine rings is 1. The molecule has 9 nitrogen and oxygen atoms in total. The molecule has 0 aliphatic carbocycles. The smallest absolute Gasteiger partial charge is 0.348 e. The van der Waals surface area contributed by atoms with Crippen molar-refractivity contribution in [2.75, 3.05) is 55.1 Å². The Balaban J connectivity index is 1.09. The summed E-state index contributed by atoms with van der Waals surface area (Å²) in [6, 6.07) is 14.7. The van der Waals surface area contributed by atoms with Gasteiger partial charge in [0.25, 0.3) is 11.8 Å². The third-order valence-corrected chi connectivity index (χ3v) is 10.3. The van der Waals surface area contributed by atoms with Gasteiger partial charge in [0.05, 0.1) is 18.4 Å². The standard InChI is InChI=1S/C35H33FN4O5S/c1-21-15-27(31(37-18-21)39-19-35(20-39)10-13-45-14-11-35)32(41)38-25-6-3-22(4-7-25)33(42)40-12-9-23-16-29(34(43)44-2)46-30(23)26-8-5-24(36)17-28(26)40/h3-8,15-18H,9-14,19-20H2,1-2H3,(H,38,41). The summed E-state index contributed by atoms with van der Waals surface area (Å²) in [6.07, 6.45) is 4.31. The van der Waals surface area contributed by atoms with Crippen molar-refractivity contribution < 1.29 is 28.2 Å². The molecule has 3 aliphatic rings. The number of ether oxygens (including phenoxy) is 2. The van der Waals surface area contributed by atoms with Crippen LogP contribution in [-0.4, -0.2) is 62.7 Å². The van der Waals surface area contributed by atoms with Gasteiger partial charge in [0, 0.05) is 66.2 Å². The van der Waals surface area contributed by atoms with Crippen molar-refractivity contribution in [3.05, 3.63) is 93.7 Å². The molecule has 0 unspecified atom stereocenters. The number of rotatable bonds is 5. The number of aryl methyl sites for hydroxylation is 1. The molecule has 1 N–H and O–H groups in total. The first-order chi connectivity index (χ1) is 22.2. The molecule has 2 aromatic heterocycles. The molecule has 3 aliphatic heterocycles. The summed E-state index contributed by atoms with van der Waals surface area (Å²) in [7, 11) is 1.33. The molecule has 46 heavy (non-hydrogen) atoms. The summed E-state index contributed by atoms with van der Waals surface area (Å²) < 4.78 is 24.9. The van der Waals surface area contributed by atoms with Gasteiger partial charge < -0.3 is 24.6 Å². The average Bonchev–Trinajstić information content (AvgIpc) is 3.42. The third kappa shape index (κ3) is 5.54. The molecule has 0 atom stereocenters. The van der Waals surface area contributed by atoms with Crippen molar-refractivity contribution in [1.82, 2.24) is 4.98 Å². The third-order valence-electron chi connectivity index (χ3n) is 9.08.